The van der Waals surface area contributed by atoms with Crippen molar-refractivity contribution in [3.63, 3.8) is 0 Å². The Labute approximate surface area is 143 Å². The highest BCUT2D eigenvalue weighted by atomic mass is 16.6. The van der Waals surface area contributed by atoms with Crippen molar-refractivity contribution in [2.24, 2.45) is 0 Å². The summed E-state index contributed by atoms with van der Waals surface area (Å²) in [6.45, 7) is 0. The third-order valence-electron chi connectivity index (χ3n) is 4.80. The van der Waals surface area contributed by atoms with Crippen LogP contribution in [0.2, 0.25) is 0 Å². The second kappa shape index (κ2) is 4.80. The quantitative estimate of drug-likeness (QED) is 0.499. The average Bonchev–Trinajstić information content (AvgIpc) is 2.95. The fourth-order valence-electron chi connectivity index (χ4n) is 3.81. The molecule has 0 radical (unpaired) electrons. The SMILES string of the molecule is O=Cc1cccc2c1C1(OC(=O)c3ccccc31)c1ccccc1O2. The Morgan fingerprint density at radius 3 is 2.36 bits per heavy atom. The molecule has 3 aromatic carbocycles. The molecular formula is C21H12O4. The van der Waals surface area contributed by atoms with Gasteiger partial charge in [-0.3, -0.25) is 4.79 Å². The molecule has 2 heterocycles. The molecular weight excluding hydrogens is 316 g/mol. The standard InChI is InChI=1S/C21H12O4/c22-12-13-6-5-11-18-19(13)21(16-9-3-4-10-17(16)24-18)15-8-2-1-7-14(15)20(23)25-21/h1-12H. The molecule has 2 aliphatic rings. The molecule has 1 atom stereocenters. The highest BCUT2D eigenvalue weighted by Gasteiger charge is 2.54. The highest BCUT2D eigenvalue weighted by molar-refractivity contribution is 5.98. The van der Waals surface area contributed by atoms with E-state index in [1.54, 1.807) is 30.3 Å². The third kappa shape index (κ3) is 1.66. The van der Waals surface area contributed by atoms with E-state index in [2.05, 4.69) is 0 Å². The number of hydrogen-bond donors (Lipinski definition) is 0. The van der Waals surface area contributed by atoms with Crippen molar-refractivity contribution in [1.82, 2.24) is 0 Å². The zero-order valence-corrected chi connectivity index (χ0v) is 13.1. The molecule has 0 bridgehead atoms. The fraction of sp³-hybridized carbons (Fsp3) is 0.0476. The summed E-state index contributed by atoms with van der Waals surface area (Å²) in [6, 6.07) is 20.0. The van der Waals surface area contributed by atoms with Gasteiger partial charge < -0.3 is 9.47 Å². The van der Waals surface area contributed by atoms with Crippen molar-refractivity contribution >= 4 is 12.3 Å². The van der Waals surface area contributed by atoms with Crippen LogP contribution in [-0.4, -0.2) is 12.3 Å². The van der Waals surface area contributed by atoms with Crippen LogP contribution in [0.25, 0.3) is 0 Å². The Morgan fingerprint density at radius 1 is 0.800 bits per heavy atom. The number of carbonyl (C=O) groups is 2. The zero-order chi connectivity index (χ0) is 17.0. The largest absolute Gasteiger partial charge is 0.456 e. The van der Waals surface area contributed by atoms with Crippen molar-refractivity contribution in [3.8, 4) is 11.5 Å². The molecule has 0 aromatic heterocycles. The lowest BCUT2D eigenvalue weighted by Gasteiger charge is -2.37. The Bertz CT molecular complexity index is 1050. The minimum atomic E-state index is -1.17. The minimum Gasteiger partial charge on any atom is -0.456 e. The first-order valence-corrected chi connectivity index (χ1v) is 7.94. The van der Waals surface area contributed by atoms with Gasteiger partial charge in [-0.25, -0.2) is 4.79 Å². The normalized spacial score (nSPS) is 19.4. The lowest BCUT2D eigenvalue weighted by molar-refractivity contribution is 0.0221. The van der Waals surface area contributed by atoms with Crippen molar-refractivity contribution in [3.05, 3.63) is 94.5 Å². The Hall–Kier alpha value is -3.40. The average molecular weight is 328 g/mol. The molecule has 5 rings (SSSR count). The van der Waals surface area contributed by atoms with E-state index in [0.29, 0.717) is 28.2 Å². The van der Waals surface area contributed by atoms with Crippen LogP contribution in [-0.2, 0) is 10.3 Å². The van der Waals surface area contributed by atoms with Crippen molar-refractivity contribution < 1.29 is 19.1 Å². The van der Waals surface area contributed by atoms with Gasteiger partial charge in [-0.1, -0.05) is 48.5 Å². The van der Waals surface area contributed by atoms with E-state index in [1.165, 1.54) is 0 Å². The van der Waals surface area contributed by atoms with Gasteiger partial charge in [0.1, 0.15) is 11.5 Å². The van der Waals surface area contributed by atoms with Gasteiger partial charge in [0.05, 0.1) is 11.1 Å². The second-order valence-electron chi connectivity index (χ2n) is 6.05. The van der Waals surface area contributed by atoms with E-state index < -0.39 is 11.6 Å². The number of hydrogen-bond acceptors (Lipinski definition) is 4. The van der Waals surface area contributed by atoms with Gasteiger partial charge in [-0.15, -0.1) is 0 Å². The van der Waals surface area contributed by atoms with Gasteiger partial charge in [-0.2, -0.15) is 0 Å². The first-order valence-electron chi connectivity index (χ1n) is 7.94. The number of benzene rings is 3. The van der Waals surface area contributed by atoms with Gasteiger partial charge >= 0.3 is 5.97 Å². The predicted octanol–water partition coefficient (Wildman–Crippen LogP) is 4.07. The van der Waals surface area contributed by atoms with E-state index in [9.17, 15) is 9.59 Å². The van der Waals surface area contributed by atoms with E-state index in [4.69, 9.17) is 9.47 Å². The number of para-hydroxylation sites is 1. The van der Waals surface area contributed by atoms with Crippen molar-refractivity contribution in [2.45, 2.75) is 5.60 Å². The minimum absolute atomic E-state index is 0.404. The summed E-state index contributed by atoms with van der Waals surface area (Å²) >= 11 is 0. The second-order valence-corrected chi connectivity index (χ2v) is 6.05. The van der Waals surface area contributed by atoms with Crippen LogP contribution in [0, 0.1) is 0 Å². The first kappa shape index (κ1) is 14.0. The van der Waals surface area contributed by atoms with Crippen LogP contribution in [0.5, 0.6) is 11.5 Å². The van der Waals surface area contributed by atoms with Crippen LogP contribution in [0.15, 0.2) is 66.7 Å². The number of ether oxygens (including phenoxy) is 2. The highest BCUT2D eigenvalue weighted by Crippen LogP contribution is 2.56. The van der Waals surface area contributed by atoms with Crippen LogP contribution in [0.1, 0.15) is 37.4 Å². The summed E-state index contributed by atoms with van der Waals surface area (Å²) < 4.78 is 12.0. The third-order valence-corrected chi connectivity index (χ3v) is 4.80. The molecule has 0 amide bonds. The molecule has 0 fully saturated rings. The number of carbonyl (C=O) groups excluding carboxylic acids is 2. The molecule has 1 unspecified atom stereocenters. The lowest BCUT2D eigenvalue weighted by Crippen LogP contribution is -2.34. The van der Waals surface area contributed by atoms with Crippen LogP contribution in [0.4, 0.5) is 0 Å². The van der Waals surface area contributed by atoms with Crippen LogP contribution < -0.4 is 4.74 Å². The molecule has 120 valence electrons. The van der Waals surface area contributed by atoms with Gasteiger partial charge in [0.15, 0.2) is 11.9 Å². The van der Waals surface area contributed by atoms with Gasteiger partial charge in [0.2, 0.25) is 0 Å². The van der Waals surface area contributed by atoms with Gasteiger partial charge in [-0.05, 0) is 18.2 Å². The molecule has 0 saturated heterocycles. The summed E-state index contributed by atoms with van der Waals surface area (Å²) in [6.07, 6.45) is 0.770. The maximum atomic E-state index is 12.6. The summed E-state index contributed by atoms with van der Waals surface area (Å²) in [7, 11) is 0. The van der Waals surface area contributed by atoms with E-state index >= 15 is 0 Å². The zero-order valence-electron chi connectivity index (χ0n) is 13.1. The van der Waals surface area contributed by atoms with Crippen LogP contribution in [0.3, 0.4) is 0 Å². The van der Waals surface area contributed by atoms with Crippen molar-refractivity contribution in [1.29, 1.82) is 0 Å². The van der Waals surface area contributed by atoms with E-state index in [-0.39, 0.29) is 0 Å². The number of aldehydes is 1. The molecule has 0 aliphatic carbocycles. The Balaban J connectivity index is 1.96. The summed E-state index contributed by atoms with van der Waals surface area (Å²) in [5.74, 6) is 0.731. The Kier molecular flexibility index (Phi) is 2.69. The molecule has 0 saturated carbocycles. The monoisotopic (exact) mass is 328 g/mol. The molecule has 4 heteroatoms. The molecule has 1 spiro atoms. The maximum absolute atomic E-state index is 12.6. The number of esters is 1. The first-order chi connectivity index (χ1) is 12.3. The molecule has 25 heavy (non-hydrogen) atoms. The molecule has 0 N–H and O–H groups in total. The molecule has 3 aromatic rings. The Morgan fingerprint density at radius 2 is 1.52 bits per heavy atom. The van der Waals surface area contributed by atoms with Crippen molar-refractivity contribution in [2.75, 3.05) is 0 Å². The van der Waals surface area contributed by atoms with E-state index in [0.717, 1.165) is 17.4 Å². The van der Waals surface area contributed by atoms with Gasteiger partial charge in [0.25, 0.3) is 0 Å². The maximum Gasteiger partial charge on any atom is 0.340 e. The summed E-state index contributed by atoms with van der Waals surface area (Å²) in [5.41, 5.74) is 1.79. The predicted molar refractivity (Wildman–Crippen MR) is 90.1 cm³/mol. The lowest BCUT2D eigenvalue weighted by atomic mass is 9.76. The molecule has 4 nitrogen and oxygen atoms in total. The fourth-order valence-corrected chi connectivity index (χ4v) is 3.81. The van der Waals surface area contributed by atoms with E-state index in [1.807, 2.05) is 36.4 Å². The summed E-state index contributed by atoms with van der Waals surface area (Å²) in [4.78, 5) is 24.3. The smallest absolute Gasteiger partial charge is 0.340 e. The summed E-state index contributed by atoms with van der Waals surface area (Å²) in [5, 5.41) is 0. The van der Waals surface area contributed by atoms with Gasteiger partial charge in [0, 0.05) is 16.7 Å². The topological polar surface area (TPSA) is 52.6 Å². The molecule has 2 aliphatic heterocycles. The number of fused-ring (bicyclic) bond motifs is 6. The number of rotatable bonds is 1. The van der Waals surface area contributed by atoms with Crippen LogP contribution >= 0.6 is 0 Å².